The van der Waals surface area contributed by atoms with Crippen LogP contribution < -0.4 is 10.5 Å². The monoisotopic (exact) mass is 235 g/mol. The Balaban J connectivity index is 2.01. The molecule has 5 heteroatoms. The molecule has 0 spiro atoms. The van der Waals surface area contributed by atoms with Crippen LogP contribution >= 0.6 is 0 Å². The Bertz CT molecular complexity index is 414. The van der Waals surface area contributed by atoms with Crippen molar-refractivity contribution in [3.8, 4) is 5.88 Å². The zero-order valence-corrected chi connectivity index (χ0v) is 9.90. The van der Waals surface area contributed by atoms with Gasteiger partial charge in [0, 0.05) is 29.8 Å². The molecule has 2 rings (SSSR count). The largest absolute Gasteiger partial charge is 0.477 e. The van der Waals surface area contributed by atoms with Crippen molar-refractivity contribution < 1.29 is 9.47 Å². The minimum absolute atomic E-state index is 0.0320. The number of amidine groups is 1. The highest BCUT2D eigenvalue weighted by Gasteiger charge is 2.16. The Labute approximate surface area is 100 Å². The van der Waals surface area contributed by atoms with Gasteiger partial charge in [0.2, 0.25) is 5.88 Å². The summed E-state index contributed by atoms with van der Waals surface area (Å²) in [4.78, 5) is 4.26. The van der Waals surface area contributed by atoms with Crippen LogP contribution in [0.4, 0.5) is 0 Å². The Kier molecular flexibility index (Phi) is 3.58. The molecule has 1 aliphatic rings. The first-order chi connectivity index (χ1) is 8.15. The summed E-state index contributed by atoms with van der Waals surface area (Å²) >= 11 is 0. The minimum Gasteiger partial charge on any atom is -0.477 e. The van der Waals surface area contributed by atoms with Crippen LogP contribution in [0.3, 0.4) is 0 Å². The van der Waals surface area contributed by atoms with Gasteiger partial charge in [-0.1, -0.05) is 0 Å². The van der Waals surface area contributed by atoms with E-state index in [4.69, 9.17) is 20.6 Å². The van der Waals surface area contributed by atoms with Crippen LogP contribution in [-0.4, -0.2) is 30.6 Å². The molecule has 3 N–H and O–H groups in total. The summed E-state index contributed by atoms with van der Waals surface area (Å²) in [6.45, 7) is 4.03. The van der Waals surface area contributed by atoms with E-state index in [1.807, 2.05) is 6.92 Å². The van der Waals surface area contributed by atoms with Crippen LogP contribution in [0.2, 0.25) is 0 Å². The van der Waals surface area contributed by atoms with Crippen molar-refractivity contribution >= 4 is 5.84 Å². The first kappa shape index (κ1) is 11.9. The number of nitrogens with zero attached hydrogens (tertiary/aromatic N) is 1. The summed E-state index contributed by atoms with van der Waals surface area (Å²) < 4.78 is 10.9. The first-order valence-corrected chi connectivity index (χ1v) is 5.69. The molecule has 1 atom stereocenters. The predicted molar refractivity (Wildman–Crippen MR) is 64.4 cm³/mol. The van der Waals surface area contributed by atoms with Gasteiger partial charge in [-0.05, 0) is 19.4 Å². The lowest BCUT2D eigenvalue weighted by atomic mass is 10.1. The summed E-state index contributed by atoms with van der Waals surface area (Å²) in [7, 11) is 0. The molecule has 5 nitrogen and oxygen atoms in total. The number of nitrogen functional groups attached to an aromatic ring is 1. The van der Waals surface area contributed by atoms with Crippen molar-refractivity contribution in [2.75, 3.05) is 19.8 Å². The normalized spacial score (nSPS) is 19.2. The van der Waals surface area contributed by atoms with E-state index in [0.717, 1.165) is 25.3 Å². The maximum absolute atomic E-state index is 7.40. The molecule has 1 unspecified atom stereocenters. The van der Waals surface area contributed by atoms with E-state index in [1.54, 1.807) is 12.1 Å². The number of aromatic nitrogens is 1. The van der Waals surface area contributed by atoms with Crippen LogP contribution in [-0.2, 0) is 4.74 Å². The Morgan fingerprint density at radius 3 is 3.12 bits per heavy atom. The molecule has 0 aromatic carbocycles. The summed E-state index contributed by atoms with van der Waals surface area (Å²) in [5.74, 6) is 1.00. The van der Waals surface area contributed by atoms with E-state index in [1.165, 1.54) is 0 Å². The van der Waals surface area contributed by atoms with Crippen LogP contribution in [0.5, 0.6) is 5.88 Å². The lowest BCUT2D eigenvalue weighted by molar-refractivity contribution is 0.165. The third kappa shape index (κ3) is 3.17. The first-order valence-electron chi connectivity index (χ1n) is 5.69. The van der Waals surface area contributed by atoms with Gasteiger partial charge in [-0.25, -0.2) is 4.98 Å². The van der Waals surface area contributed by atoms with Gasteiger partial charge in [0.15, 0.2) is 0 Å². The molecule has 0 saturated carbocycles. The van der Waals surface area contributed by atoms with Crippen LogP contribution in [0.1, 0.15) is 17.7 Å². The SMILES string of the molecule is Cc1cc(C(=N)N)cc(OCC2CCOC2)n1. The lowest BCUT2D eigenvalue weighted by Crippen LogP contribution is -2.15. The molecule has 0 aliphatic carbocycles. The number of pyridine rings is 1. The maximum atomic E-state index is 7.40. The summed E-state index contributed by atoms with van der Waals surface area (Å²) in [5, 5.41) is 7.40. The molecule has 0 bridgehead atoms. The number of hydrogen-bond acceptors (Lipinski definition) is 4. The molecular formula is C12H17N3O2. The molecule has 1 aromatic heterocycles. The number of rotatable bonds is 4. The maximum Gasteiger partial charge on any atom is 0.214 e. The van der Waals surface area contributed by atoms with E-state index in [9.17, 15) is 0 Å². The zero-order chi connectivity index (χ0) is 12.3. The Hall–Kier alpha value is -1.62. The predicted octanol–water partition coefficient (Wildman–Crippen LogP) is 1.09. The molecule has 1 aromatic rings. The quantitative estimate of drug-likeness (QED) is 0.604. The van der Waals surface area contributed by atoms with E-state index in [-0.39, 0.29) is 5.84 Å². The van der Waals surface area contributed by atoms with Crippen molar-refractivity contribution in [3.63, 3.8) is 0 Å². The van der Waals surface area contributed by atoms with Gasteiger partial charge in [0.1, 0.15) is 5.84 Å². The highest BCUT2D eigenvalue weighted by molar-refractivity contribution is 5.95. The van der Waals surface area contributed by atoms with Gasteiger partial charge in [-0.15, -0.1) is 0 Å². The Morgan fingerprint density at radius 2 is 2.47 bits per heavy atom. The van der Waals surface area contributed by atoms with Crippen molar-refractivity contribution in [1.82, 2.24) is 4.98 Å². The van der Waals surface area contributed by atoms with Crippen LogP contribution in [0.15, 0.2) is 12.1 Å². The van der Waals surface area contributed by atoms with E-state index in [2.05, 4.69) is 4.98 Å². The van der Waals surface area contributed by atoms with Gasteiger partial charge in [-0.2, -0.15) is 0 Å². The topological polar surface area (TPSA) is 81.2 Å². The van der Waals surface area contributed by atoms with Gasteiger partial charge in [-0.3, -0.25) is 5.41 Å². The molecular weight excluding hydrogens is 218 g/mol. The summed E-state index contributed by atoms with van der Waals surface area (Å²) in [5.41, 5.74) is 6.90. The van der Waals surface area contributed by atoms with Crippen molar-refractivity contribution in [1.29, 1.82) is 5.41 Å². The van der Waals surface area contributed by atoms with Gasteiger partial charge >= 0.3 is 0 Å². The minimum atomic E-state index is 0.0320. The number of ether oxygens (including phenoxy) is 2. The van der Waals surface area contributed by atoms with E-state index in [0.29, 0.717) is 24.0 Å². The second-order valence-corrected chi connectivity index (χ2v) is 4.29. The number of nitrogens with two attached hydrogens (primary N) is 1. The molecule has 1 saturated heterocycles. The average molecular weight is 235 g/mol. The standard InChI is InChI=1S/C12H17N3O2/c1-8-4-10(12(13)14)5-11(15-8)17-7-9-2-3-16-6-9/h4-5,9H,2-3,6-7H2,1H3,(H3,13,14). The molecule has 0 amide bonds. The average Bonchev–Trinajstić information content (AvgIpc) is 2.78. The van der Waals surface area contributed by atoms with Crippen molar-refractivity contribution in [3.05, 3.63) is 23.4 Å². The molecule has 17 heavy (non-hydrogen) atoms. The lowest BCUT2D eigenvalue weighted by Gasteiger charge is -2.11. The van der Waals surface area contributed by atoms with E-state index < -0.39 is 0 Å². The second-order valence-electron chi connectivity index (χ2n) is 4.29. The third-order valence-electron chi connectivity index (χ3n) is 2.73. The van der Waals surface area contributed by atoms with Crippen molar-refractivity contribution in [2.45, 2.75) is 13.3 Å². The fraction of sp³-hybridized carbons (Fsp3) is 0.500. The van der Waals surface area contributed by atoms with E-state index >= 15 is 0 Å². The molecule has 92 valence electrons. The summed E-state index contributed by atoms with van der Waals surface area (Å²) in [6.07, 6.45) is 1.03. The summed E-state index contributed by atoms with van der Waals surface area (Å²) in [6, 6.07) is 3.47. The van der Waals surface area contributed by atoms with Gasteiger partial charge < -0.3 is 15.2 Å². The van der Waals surface area contributed by atoms with Gasteiger partial charge in [0.05, 0.1) is 13.2 Å². The highest BCUT2D eigenvalue weighted by atomic mass is 16.5. The van der Waals surface area contributed by atoms with Crippen LogP contribution in [0.25, 0.3) is 0 Å². The highest BCUT2D eigenvalue weighted by Crippen LogP contribution is 2.16. The smallest absolute Gasteiger partial charge is 0.214 e. The van der Waals surface area contributed by atoms with Gasteiger partial charge in [0.25, 0.3) is 0 Å². The number of nitrogens with one attached hydrogen (secondary N) is 1. The van der Waals surface area contributed by atoms with Crippen LogP contribution in [0, 0.1) is 18.3 Å². The molecule has 0 radical (unpaired) electrons. The fourth-order valence-corrected chi connectivity index (χ4v) is 1.79. The fourth-order valence-electron chi connectivity index (χ4n) is 1.79. The molecule has 2 heterocycles. The molecule has 1 aliphatic heterocycles. The number of hydrogen-bond donors (Lipinski definition) is 2. The third-order valence-corrected chi connectivity index (χ3v) is 2.73. The zero-order valence-electron chi connectivity index (χ0n) is 9.90. The molecule has 1 fully saturated rings. The second kappa shape index (κ2) is 5.14. The Morgan fingerprint density at radius 1 is 1.65 bits per heavy atom. The number of aryl methyl sites for hydroxylation is 1. The van der Waals surface area contributed by atoms with Crippen molar-refractivity contribution in [2.24, 2.45) is 11.7 Å².